The third-order valence-electron chi connectivity index (χ3n) is 4.84. The number of hydrogen-bond acceptors (Lipinski definition) is 7. The van der Waals surface area contributed by atoms with E-state index in [1.54, 1.807) is 7.05 Å². The molecule has 10 heteroatoms. The van der Waals surface area contributed by atoms with E-state index in [2.05, 4.69) is 10.6 Å². The molecule has 2 unspecified atom stereocenters. The fourth-order valence-corrected chi connectivity index (χ4v) is 3.60. The number of halogens is 1. The summed E-state index contributed by atoms with van der Waals surface area (Å²) in [6.07, 6.45) is -0.810. The quantitative estimate of drug-likeness (QED) is 0.545. The van der Waals surface area contributed by atoms with Crippen LogP contribution in [-0.2, 0) is 9.59 Å². The zero-order chi connectivity index (χ0) is 20.6. The summed E-state index contributed by atoms with van der Waals surface area (Å²) >= 11 is 0. The van der Waals surface area contributed by atoms with Crippen molar-refractivity contribution in [2.75, 3.05) is 32.1 Å². The molecule has 3 N–H and O–H groups in total. The van der Waals surface area contributed by atoms with Crippen molar-refractivity contribution in [2.24, 2.45) is 0 Å². The van der Waals surface area contributed by atoms with Crippen molar-refractivity contribution < 1.29 is 28.7 Å². The number of carbonyl (C=O) groups excluding carboxylic acids is 4. The molecule has 28 heavy (non-hydrogen) atoms. The molecule has 150 valence electrons. The van der Waals surface area contributed by atoms with Crippen LogP contribution in [0.4, 0.5) is 10.1 Å². The number of anilines is 1. The maximum Gasteiger partial charge on any atom is 0.264 e. The van der Waals surface area contributed by atoms with Gasteiger partial charge in [-0.15, -0.1) is 0 Å². The molecule has 2 atom stereocenters. The fourth-order valence-electron chi connectivity index (χ4n) is 3.60. The van der Waals surface area contributed by atoms with Crippen LogP contribution in [0.1, 0.15) is 33.6 Å². The SMILES string of the molecule is CNCC(O)CN(C)c1c(F)ccc2c1C(=O)N(C1CCC(=O)NC1=O)C2=O. The molecule has 2 heterocycles. The number of nitrogens with zero attached hydrogens (tertiary/aromatic N) is 2. The van der Waals surface area contributed by atoms with Crippen LogP contribution in [0, 0.1) is 5.82 Å². The van der Waals surface area contributed by atoms with Crippen molar-refractivity contribution in [3.05, 3.63) is 29.1 Å². The number of hydrogen-bond donors (Lipinski definition) is 3. The van der Waals surface area contributed by atoms with E-state index in [9.17, 15) is 28.7 Å². The van der Waals surface area contributed by atoms with E-state index in [-0.39, 0.29) is 42.7 Å². The topological polar surface area (TPSA) is 119 Å². The van der Waals surface area contributed by atoms with Gasteiger partial charge in [0.15, 0.2) is 0 Å². The van der Waals surface area contributed by atoms with E-state index >= 15 is 0 Å². The van der Waals surface area contributed by atoms with Gasteiger partial charge in [-0.05, 0) is 25.6 Å². The molecule has 2 aliphatic heterocycles. The lowest BCUT2D eigenvalue weighted by Gasteiger charge is -2.28. The zero-order valence-corrected chi connectivity index (χ0v) is 15.5. The first-order chi connectivity index (χ1) is 13.3. The van der Waals surface area contributed by atoms with Crippen molar-refractivity contribution in [1.29, 1.82) is 0 Å². The molecule has 4 amide bonds. The molecule has 3 rings (SSSR count). The van der Waals surface area contributed by atoms with Gasteiger partial charge in [-0.25, -0.2) is 4.39 Å². The summed E-state index contributed by atoms with van der Waals surface area (Å²) in [5, 5.41) is 14.9. The number of aliphatic hydroxyl groups is 1. The Labute approximate surface area is 160 Å². The number of aliphatic hydroxyl groups excluding tert-OH is 1. The molecule has 0 saturated carbocycles. The molecule has 0 aromatic heterocycles. The number of likely N-dealkylation sites (N-methyl/N-ethyl adjacent to an activating group) is 2. The second-order valence-corrected chi connectivity index (χ2v) is 6.86. The Morgan fingerprint density at radius 1 is 1.32 bits per heavy atom. The van der Waals surface area contributed by atoms with E-state index in [0.29, 0.717) is 0 Å². The summed E-state index contributed by atoms with van der Waals surface area (Å²) < 4.78 is 14.6. The Kier molecular flexibility index (Phi) is 5.43. The maximum absolute atomic E-state index is 14.6. The van der Waals surface area contributed by atoms with Crippen LogP contribution in [-0.4, -0.2) is 73.0 Å². The van der Waals surface area contributed by atoms with E-state index in [0.717, 1.165) is 11.0 Å². The lowest BCUT2D eigenvalue weighted by Crippen LogP contribution is -2.54. The first-order valence-electron chi connectivity index (χ1n) is 8.84. The van der Waals surface area contributed by atoms with Gasteiger partial charge < -0.3 is 15.3 Å². The Bertz CT molecular complexity index is 859. The molecule has 1 saturated heterocycles. The lowest BCUT2D eigenvalue weighted by molar-refractivity contribution is -0.136. The molecule has 1 fully saturated rings. The van der Waals surface area contributed by atoms with Crippen LogP contribution in [0.15, 0.2) is 12.1 Å². The van der Waals surface area contributed by atoms with Crippen molar-refractivity contribution in [3.63, 3.8) is 0 Å². The van der Waals surface area contributed by atoms with Gasteiger partial charge in [0.25, 0.3) is 11.8 Å². The molecular formula is C18H21FN4O5. The minimum absolute atomic E-state index is 0.00113. The predicted octanol–water partition coefficient (Wildman–Crippen LogP) is -0.757. The number of benzene rings is 1. The molecule has 2 aliphatic rings. The van der Waals surface area contributed by atoms with Gasteiger partial charge >= 0.3 is 0 Å². The van der Waals surface area contributed by atoms with Crippen LogP contribution in [0.2, 0.25) is 0 Å². The normalized spacial score (nSPS) is 20.3. The second kappa shape index (κ2) is 7.64. The first-order valence-corrected chi connectivity index (χ1v) is 8.84. The number of fused-ring (bicyclic) bond motifs is 1. The molecule has 9 nitrogen and oxygen atoms in total. The van der Waals surface area contributed by atoms with E-state index in [4.69, 9.17) is 0 Å². The van der Waals surface area contributed by atoms with Crippen molar-refractivity contribution >= 4 is 29.3 Å². The highest BCUT2D eigenvalue weighted by molar-refractivity contribution is 6.25. The Morgan fingerprint density at radius 3 is 2.68 bits per heavy atom. The van der Waals surface area contributed by atoms with Crippen molar-refractivity contribution in [2.45, 2.75) is 25.0 Å². The van der Waals surface area contributed by atoms with Crippen molar-refractivity contribution in [1.82, 2.24) is 15.5 Å². The van der Waals surface area contributed by atoms with Crippen LogP contribution in [0.25, 0.3) is 0 Å². The minimum atomic E-state index is -1.12. The smallest absolute Gasteiger partial charge is 0.264 e. The molecular weight excluding hydrogens is 371 g/mol. The lowest BCUT2D eigenvalue weighted by atomic mass is 10.0. The Balaban J connectivity index is 1.96. The number of piperidine rings is 1. The maximum atomic E-state index is 14.6. The minimum Gasteiger partial charge on any atom is -0.390 e. The highest BCUT2D eigenvalue weighted by atomic mass is 19.1. The molecule has 0 spiro atoms. The number of carbonyl (C=O) groups is 4. The first kappa shape index (κ1) is 19.9. The van der Waals surface area contributed by atoms with E-state index < -0.39 is 41.6 Å². The largest absolute Gasteiger partial charge is 0.390 e. The van der Waals surface area contributed by atoms with Crippen LogP contribution >= 0.6 is 0 Å². The average molecular weight is 392 g/mol. The van der Waals surface area contributed by atoms with Gasteiger partial charge in [-0.2, -0.15) is 0 Å². The summed E-state index contributed by atoms with van der Waals surface area (Å²) in [6.45, 7) is 0.282. The summed E-state index contributed by atoms with van der Waals surface area (Å²) in [5.41, 5.74) is -0.268. The fraction of sp³-hybridized carbons (Fsp3) is 0.444. The number of imide groups is 2. The molecule has 1 aromatic carbocycles. The van der Waals surface area contributed by atoms with Crippen LogP contribution in [0.5, 0.6) is 0 Å². The van der Waals surface area contributed by atoms with Gasteiger partial charge in [-0.1, -0.05) is 0 Å². The number of amides is 4. The number of rotatable bonds is 6. The standard InChI is InChI=1S/C18H21FN4O5/c1-20-7-9(24)8-22(2)15-11(19)4-3-10-14(15)18(28)23(17(10)27)12-5-6-13(25)21-16(12)26/h3-4,9,12,20,24H,5-8H2,1-2H3,(H,21,25,26). The molecule has 0 bridgehead atoms. The van der Waals surface area contributed by atoms with Crippen LogP contribution in [0.3, 0.4) is 0 Å². The monoisotopic (exact) mass is 392 g/mol. The van der Waals surface area contributed by atoms with Gasteiger partial charge in [-0.3, -0.25) is 29.4 Å². The van der Waals surface area contributed by atoms with E-state index in [1.165, 1.54) is 18.0 Å². The second-order valence-electron chi connectivity index (χ2n) is 6.86. The highest BCUT2D eigenvalue weighted by Crippen LogP contribution is 2.35. The zero-order valence-electron chi connectivity index (χ0n) is 15.5. The number of nitrogens with one attached hydrogen (secondary N) is 2. The Hall–Kier alpha value is -2.85. The average Bonchev–Trinajstić information content (AvgIpc) is 2.86. The molecule has 0 radical (unpaired) electrons. The van der Waals surface area contributed by atoms with Gasteiger partial charge in [0, 0.05) is 26.6 Å². The van der Waals surface area contributed by atoms with Crippen molar-refractivity contribution in [3.8, 4) is 0 Å². The summed E-state index contributed by atoms with van der Waals surface area (Å²) in [6, 6.07) is 1.16. The molecule has 1 aromatic rings. The summed E-state index contributed by atoms with van der Waals surface area (Å²) in [5.74, 6) is -3.42. The third-order valence-corrected chi connectivity index (χ3v) is 4.84. The van der Waals surface area contributed by atoms with Gasteiger partial charge in [0.05, 0.1) is 22.9 Å². The highest BCUT2D eigenvalue weighted by Gasteiger charge is 2.46. The molecule has 0 aliphatic carbocycles. The summed E-state index contributed by atoms with van der Waals surface area (Å²) in [7, 11) is 3.16. The Morgan fingerprint density at radius 2 is 2.04 bits per heavy atom. The van der Waals surface area contributed by atoms with Gasteiger partial charge in [0.2, 0.25) is 11.8 Å². The van der Waals surface area contributed by atoms with E-state index in [1.807, 2.05) is 0 Å². The summed E-state index contributed by atoms with van der Waals surface area (Å²) in [4.78, 5) is 51.4. The van der Waals surface area contributed by atoms with Gasteiger partial charge in [0.1, 0.15) is 11.9 Å². The third kappa shape index (κ3) is 3.36. The predicted molar refractivity (Wildman–Crippen MR) is 96.3 cm³/mol. The van der Waals surface area contributed by atoms with Crippen LogP contribution < -0.4 is 15.5 Å².